The Morgan fingerprint density at radius 1 is 0.891 bits per heavy atom. The minimum absolute atomic E-state index is 0.153. The lowest BCUT2D eigenvalue weighted by atomic mass is 10.0. The molecule has 46 heavy (non-hydrogen) atoms. The third-order valence-electron chi connectivity index (χ3n) is 7.95. The molecule has 1 aliphatic rings. The van der Waals surface area contributed by atoms with E-state index in [1.54, 1.807) is 48.5 Å². The predicted octanol–water partition coefficient (Wildman–Crippen LogP) is 4.12. The smallest absolute Gasteiger partial charge is 0.252 e. The Kier molecular flexibility index (Phi) is 9.96. The molecule has 0 radical (unpaired) electrons. The van der Waals surface area contributed by atoms with Crippen LogP contribution in [0.5, 0.6) is 0 Å². The zero-order valence-corrected chi connectivity index (χ0v) is 26.9. The number of carbonyl (C=O) groups excluding carboxylic acids is 4. The van der Waals surface area contributed by atoms with Crippen LogP contribution in [0.25, 0.3) is 10.8 Å². The molecule has 1 fully saturated rings. The Morgan fingerprint density at radius 2 is 1.59 bits per heavy atom. The van der Waals surface area contributed by atoms with Crippen molar-refractivity contribution in [3.05, 3.63) is 114 Å². The Labute approximate surface area is 271 Å². The van der Waals surface area contributed by atoms with Crippen LogP contribution >= 0.6 is 19.1 Å². The van der Waals surface area contributed by atoms with Gasteiger partial charge in [0.05, 0.1) is 0 Å². The monoisotopic (exact) mass is 658 g/mol. The fraction of sp³-hybridized carbons (Fsp3) is 0.235. The van der Waals surface area contributed by atoms with Crippen LogP contribution in [0.15, 0.2) is 102 Å². The molecule has 6 N–H and O–H groups in total. The lowest BCUT2D eigenvalue weighted by Gasteiger charge is -2.26. The third kappa shape index (κ3) is 7.85. The van der Waals surface area contributed by atoms with Gasteiger partial charge in [0.25, 0.3) is 5.91 Å². The number of hydrogen-bond donors (Lipinski definition) is 5. The zero-order chi connectivity index (χ0) is 32.9. The summed E-state index contributed by atoms with van der Waals surface area (Å²) in [6.07, 6.45) is 1.75. The van der Waals surface area contributed by atoms with Crippen molar-refractivity contribution in [2.75, 3.05) is 12.4 Å². The van der Waals surface area contributed by atoms with Crippen molar-refractivity contribution in [3.8, 4) is 0 Å². The molecule has 4 amide bonds. The molecule has 238 valence electrons. The average molecular weight is 659 g/mol. The highest BCUT2D eigenvalue weighted by molar-refractivity contribution is 7.98. The Bertz CT molecular complexity index is 1830. The second kappa shape index (κ2) is 13.9. The number of amides is 4. The Hall–Kier alpha value is -4.44. The molecule has 0 heterocycles. The van der Waals surface area contributed by atoms with E-state index in [1.165, 1.54) is 11.8 Å². The van der Waals surface area contributed by atoms with Crippen molar-refractivity contribution in [1.29, 1.82) is 0 Å². The summed E-state index contributed by atoms with van der Waals surface area (Å²) in [5, 5.41) is 9.94. The molecule has 10 nitrogen and oxygen atoms in total. The summed E-state index contributed by atoms with van der Waals surface area (Å²) in [6, 6.07) is 27.5. The normalized spacial score (nSPS) is 16.0. The quantitative estimate of drug-likeness (QED) is 0.106. The van der Waals surface area contributed by atoms with Crippen LogP contribution in [0.1, 0.15) is 40.1 Å². The topological polar surface area (TPSA) is 168 Å². The molecule has 0 bridgehead atoms. The lowest BCUT2D eigenvalue weighted by Crippen LogP contribution is -2.55. The fourth-order valence-electron chi connectivity index (χ4n) is 5.28. The zero-order valence-electron chi connectivity index (χ0n) is 25.1. The molecule has 0 aromatic heterocycles. The molecule has 2 unspecified atom stereocenters. The average Bonchev–Trinajstić information content (AvgIpc) is 3.83. The highest BCUT2D eigenvalue weighted by Crippen LogP contribution is 2.54. The minimum atomic E-state index is -4.43. The molecular formula is C34H35N4O6PS. The predicted molar refractivity (Wildman–Crippen MR) is 178 cm³/mol. The summed E-state index contributed by atoms with van der Waals surface area (Å²) < 4.78 is 13.8. The van der Waals surface area contributed by atoms with E-state index in [0.717, 1.165) is 21.2 Å². The number of hydrogen-bond acceptors (Lipinski definition) is 6. The van der Waals surface area contributed by atoms with E-state index in [2.05, 4.69) is 16.0 Å². The van der Waals surface area contributed by atoms with E-state index >= 15 is 0 Å². The maximum absolute atomic E-state index is 13.8. The number of nitrogens with two attached hydrogens (primary N) is 1. The van der Waals surface area contributed by atoms with Crippen molar-refractivity contribution in [2.24, 2.45) is 5.73 Å². The molecule has 0 aliphatic heterocycles. The highest BCUT2D eigenvalue weighted by atomic mass is 32.2. The SMILES string of the molecule is CSc1cccc(C(=O)NC(c2ccccc2)P(=O)(O)CC(=O)NC2(C(=O)N[C@@H](Cc3ccc4ccccc4c3)C(N)=O)CC2)c1. The summed E-state index contributed by atoms with van der Waals surface area (Å²) in [5.41, 5.74) is 5.75. The van der Waals surface area contributed by atoms with Gasteiger partial charge < -0.3 is 26.6 Å². The second-order valence-electron chi connectivity index (χ2n) is 11.4. The van der Waals surface area contributed by atoms with Crippen molar-refractivity contribution < 1.29 is 28.6 Å². The summed E-state index contributed by atoms with van der Waals surface area (Å²) in [5.74, 6) is -4.10. The molecule has 4 aromatic carbocycles. The number of carbonyl (C=O) groups is 4. The van der Waals surface area contributed by atoms with Crippen molar-refractivity contribution in [3.63, 3.8) is 0 Å². The van der Waals surface area contributed by atoms with E-state index in [9.17, 15) is 28.6 Å². The summed E-state index contributed by atoms with van der Waals surface area (Å²) in [7, 11) is -4.43. The van der Waals surface area contributed by atoms with Crippen LogP contribution in [-0.2, 0) is 25.4 Å². The van der Waals surface area contributed by atoms with Gasteiger partial charge in [0, 0.05) is 16.9 Å². The molecule has 1 aliphatic carbocycles. The first-order chi connectivity index (χ1) is 22.0. The molecule has 1 saturated carbocycles. The Morgan fingerprint density at radius 3 is 2.26 bits per heavy atom. The van der Waals surface area contributed by atoms with E-state index in [-0.39, 0.29) is 19.3 Å². The van der Waals surface area contributed by atoms with Gasteiger partial charge in [-0.05, 0) is 59.2 Å². The number of nitrogens with one attached hydrogen (secondary N) is 3. The van der Waals surface area contributed by atoms with Gasteiger partial charge in [-0.25, -0.2) is 0 Å². The van der Waals surface area contributed by atoms with Gasteiger partial charge in [-0.15, -0.1) is 11.8 Å². The first-order valence-corrected chi connectivity index (χ1v) is 17.8. The third-order valence-corrected chi connectivity index (χ3v) is 10.7. The fourth-order valence-corrected chi connectivity index (χ4v) is 7.37. The molecule has 4 aromatic rings. The maximum atomic E-state index is 13.8. The van der Waals surface area contributed by atoms with Crippen molar-refractivity contribution in [1.82, 2.24) is 16.0 Å². The first-order valence-electron chi connectivity index (χ1n) is 14.7. The highest BCUT2D eigenvalue weighted by Gasteiger charge is 2.52. The lowest BCUT2D eigenvalue weighted by molar-refractivity contribution is -0.131. The number of rotatable bonds is 13. The van der Waals surface area contributed by atoms with E-state index in [1.807, 2.05) is 54.8 Å². The van der Waals surface area contributed by atoms with Gasteiger partial charge in [-0.1, -0.05) is 78.9 Å². The van der Waals surface area contributed by atoms with Crippen LogP contribution in [0.4, 0.5) is 0 Å². The molecule has 0 saturated heterocycles. The van der Waals surface area contributed by atoms with Crippen LogP contribution in [0.2, 0.25) is 0 Å². The van der Waals surface area contributed by atoms with E-state index in [0.29, 0.717) is 11.1 Å². The standard InChI is InChI=1S/C34H35N4O6PS/c1-46-27-13-7-12-26(20-27)31(41)37-32(24-9-3-2-4-10-24)45(43,44)21-29(39)38-34(16-17-34)33(42)36-28(30(35)40)19-22-14-15-23-8-5-6-11-25(23)18-22/h2-15,18,20,28,32H,16-17,19,21H2,1H3,(H2,35,40)(H,36,42)(H,37,41)(H,38,39)(H,43,44)/t28-,32?/m0/s1. The molecule has 3 atom stereocenters. The number of primary amides is 1. The Balaban J connectivity index is 1.26. The number of benzene rings is 4. The molecule has 5 rings (SSSR count). The van der Waals surface area contributed by atoms with E-state index in [4.69, 9.17) is 5.73 Å². The van der Waals surface area contributed by atoms with Crippen LogP contribution in [0, 0.1) is 0 Å². The van der Waals surface area contributed by atoms with Crippen molar-refractivity contribution >= 4 is 53.5 Å². The number of thioether (sulfide) groups is 1. The molecular weight excluding hydrogens is 623 g/mol. The van der Waals surface area contributed by atoms with Crippen LogP contribution in [0.3, 0.4) is 0 Å². The van der Waals surface area contributed by atoms with Gasteiger partial charge in [0.1, 0.15) is 23.5 Å². The molecule has 0 spiro atoms. The van der Waals surface area contributed by atoms with Crippen molar-refractivity contribution in [2.45, 2.75) is 41.5 Å². The molecule has 12 heteroatoms. The number of fused-ring (bicyclic) bond motifs is 1. The van der Waals surface area contributed by atoms with Gasteiger partial charge in [-0.2, -0.15) is 0 Å². The largest absolute Gasteiger partial charge is 0.368 e. The summed E-state index contributed by atoms with van der Waals surface area (Å²) in [6.45, 7) is 0. The van der Waals surface area contributed by atoms with E-state index < -0.39 is 54.5 Å². The van der Waals surface area contributed by atoms with Crippen LogP contribution < -0.4 is 21.7 Å². The van der Waals surface area contributed by atoms with Crippen LogP contribution in [-0.4, -0.2) is 52.5 Å². The van der Waals surface area contributed by atoms with Gasteiger partial charge in [-0.3, -0.25) is 23.7 Å². The maximum Gasteiger partial charge on any atom is 0.252 e. The first kappa shape index (κ1) is 32.9. The van der Waals surface area contributed by atoms with Gasteiger partial charge >= 0.3 is 0 Å². The van der Waals surface area contributed by atoms with Gasteiger partial charge in [0.2, 0.25) is 25.1 Å². The summed E-state index contributed by atoms with van der Waals surface area (Å²) in [4.78, 5) is 64.1. The second-order valence-corrected chi connectivity index (χ2v) is 14.6. The minimum Gasteiger partial charge on any atom is -0.368 e. The van der Waals surface area contributed by atoms with Gasteiger partial charge in [0.15, 0.2) is 0 Å². The summed E-state index contributed by atoms with van der Waals surface area (Å²) >= 11 is 1.45.